The summed E-state index contributed by atoms with van der Waals surface area (Å²) in [5.74, 6) is 1.43. The van der Waals surface area contributed by atoms with Crippen molar-refractivity contribution in [3.63, 3.8) is 0 Å². The number of rotatable bonds is 5. The van der Waals surface area contributed by atoms with E-state index in [2.05, 4.69) is 17.4 Å². The van der Waals surface area contributed by atoms with E-state index in [1.54, 1.807) is 4.90 Å². The molecule has 2 aliphatic heterocycles. The zero-order valence-corrected chi connectivity index (χ0v) is 15.8. The molecule has 1 fully saturated rings. The highest BCUT2D eigenvalue weighted by atomic mass is 35.5. The molecule has 4 rings (SSSR count). The van der Waals surface area contributed by atoms with Gasteiger partial charge in [0.2, 0.25) is 6.79 Å². The number of hydrogen-bond acceptors (Lipinski definition) is 3. The highest BCUT2D eigenvalue weighted by Gasteiger charge is 2.25. The first-order valence-electron chi connectivity index (χ1n) is 9.27. The maximum Gasteiger partial charge on any atom is 0.279 e. The van der Waals surface area contributed by atoms with Gasteiger partial charge in [-0.2, -0.15) is 0 Å². The molecule has 2 aromatic carbocycles. The number of fused-ring (bicyclic) bond motifs is 1. The Morgan fingerprint density at radius 1 is 0.963 bits per heavy atom. The zero-order valence-electron chi connectivity index (χ0n) is 15.1. The molecule has 0 atom stereocenters. The summed E-state index contributed by atoms with van der Waals surface area (Å²) in [6.07, 6.45) is 0. The molecule has 0 unspecified atom stereocenters. The van der Waals surface area contributed by atoms with Crippen molar-refractivity contribution in [2.75, 3.05) is 44.8 Å². The summed E-state index contributed by atoms with van der Waals surface area (Å²) < 4.78 is 10.6. The summed E-state index contributed by atoms with van der Waals surface area (Å²) in [4.78, 5) is 15.2. The molecule has 1 saturated heterocycles. The van der Waals surface area contributed by atoms with Gasteiger partial charge in [0.15, 0.2) is 18.0 Å². The lowest BCUT2D eigenvalue weighted by molar-refractivity contribution is -1.02. The maximum absolute atomic E-state index is 12.4. The van der Waals surface area contributed by atoms with E-state index in [4.69, 9.17) is 21.1 Å². The van der Waals surface area contributed by atoms with E-state index in [0.29, 0.717) is 12.3 Å². The molecule has 0 saturated carbocycles. The van der Waals surface area contributed by atoms with Crippen molar-refractivity contribution in [3.05, 3.63) is 53.1 Å². The number of carbonyl (C=O) groups excluding carboxylic acids is 1. The largest absolute Gasteiger partial charge is 0.454 e. The molecule has 2 aromatic rings. The number of benzene rings is 2. The second-order valence-electron chi connectivity index (χ2n) is 7.10. The van der Waals surface area contributed by atoms with Crippen LogP contribution in [0.4, 0.5) is 5.69 Å². The van der Waals surface area contributed by atoms with E-state index in [1.807, 2.05) is 30.3 Å². The number of piperazine rings is 1. The Bertz CT molecular complexity index is 805. The van der Waals surface area contributed by atoms with E-state index in [9.17, 15) is 4.79 Å². The van der Waals surface area contributed by atoms with Gasteiger partial charge in [-0.15, -0.1) is 0 Å². The quantitative estimate of drug-likeness (QED) is 0.674. The molecule has 0 spiro atoms. The molecule has 1 amide bonds. The molecule has 3 N–H and O–H groups in total. The third-order valence-electron chi connectivity index (χ3n) is 5.10. The molecule has 2 heterocycles. The summed E-state index contributed by atoms with van der Waals surface area (Å²) in [5, 5.41) is 3.74. The van der Waals surface area contributed by atoms with E-state index < -0.39 is 0 Å². The molecule has 0 bridgehead atoms. The van der Waals surface area contributed by atoms with Crippen LogP contribution in [-0.4, -0.2) is 45.4 Å². The Hall–Kier alpha value is -2.28. The lowest BCUT2D eigenvalue weighted by Crippen LogP contribution is -3.28. The maximum atomic E-state index is 12.4. The lowest BCUT2D eigenvalue weighted by atomic mass is 10.2. The van der Waals surface area contributed by atoms with E-state index in [1.165, 1.54) is 10.5 Å². The molecule has 0 aliphatic carbocycles. The van der Waals surface area contributed by atoms with Crippen LogP contribution in [0.1, 0.15) is 5.56 Å². The molecular weight excluding hydrogens is 366 g/mol. The second-order valence-corrected chi connectivity index (χ2v) is 7.53. The Morgan fingerprint density at radius 2 is 1.67 bits per heavy atom. The van der Waals surface area contributed by atoms with Crippen LogP contribution in [-0.2, 0) is 11.3 Å². The average Bonchev–Trinajstić information content (AvgIpc) is 3.13. The number of halogens is 1. The summed E-state index contributed by atoms with van der Waals surface area (Å²) in [6, 6.07) is 13.5. The van der Waals surface area contributed by atoms with Crippen LogP contribution in [0.5, 0.6) is 11.5 Å². The van der Waals surface area contributed by atoms with Gasteiger partial charge in [0.25, 0.3) is 5.91 Å². The third-order valence-corrected chi connectivity index (χ3v) is 5.35. The fraction of sp³-hybridized carbons (Fsp3) is 0.350. The van der Waals surface area contributed by atoms with Crippen LogP contribution < -0.4 is 24.6 Å². The fourth-order valence-corrected chi connectivity index (χ4v) is 3.73. The minimum absolute atomic E-state index is 0.0324. The first-order valence-corrected chi connectivity index (χ1v) is 9.64. The third kappa shape index (κ3) is 4.71. The number of nitrogens with one attached hydrogen (secondary N) is 3. The number of carbonyl (C=O) groups is 1. The van der Waals surface area contributed by atoms with Crippen molar-refractivity contribution >= 4 is 23.2 Å². The van der Waals surface area contributed by atoms with Gasteiger partial charge in [0.1, 0.15) is 32.7 Å². The van der Waals surface area contributed by atoms with Crippen LogP contribution in [0.25, 0.3) is 0 Å². The van der Waals surface area contributed by atoms with Crippen molar-refractivity contribution in [3.8, 4) is 11.5 Å². The highest BCUT2D eigenvalue weighted by Crippen LogP contribution is 2.34. The van der Waals surface area contributed by atoms with Crippen LogP contribution in [0.2, 0.25) is 5.02 Å². The van der Waals surface area contributed by atoms with Crippen molar-refractivity contribution in [1.29, 1.82) is 0 Å². The number of ether oxygens (including phenoxy) is 2. The molecule has 142 valence electrons. The first-order chi connectivity index (χ1) is 13.2. The Labute approximate surface area is 163 Å². The predicted octanol–water partition coefficient (Wildman–Crippen LogP) is -0.00920. The van der Waals surface area contributed by atoms with Gasteiger partial charge in [0.05, 0.1) is 0 Å². The molecule has 6 nitrogen and oxygen atoms in total. The monoisotopic (exact) mass is 389 g/mol. The van der Waals surface area contributed by atoms with Crippen LogP contribution in [0.15, 0.2) is 42.5 Å². The topological polar surface area (TPSA) is 56.4 Å². The van der Waals surface area contributed by atoms with E-state index >= 15 is 0 Å². The van der Waals surface area contributed by atoms with Gasteiger partial charge in [-0.1, -0.05) is 23.7 Å². The van der Waals surface area contributed by atoms with Crippen LogP contribution in [0.3, 0.4) is 0 Å². The Kier molecular flexibility index (Phi) is 5.48. The van der Waals surface area contributed by atoms with Crippen molar-refractivity contribution in [1.82, 2.24) is 0 Å². The zero-order chi connectivity index (χ0) is 18.6. The summed E-state index contributed by atoms with van der Waals surface area (Å²) in [6.45, 7) is 5.86. The van der Waals surface area contributed by atoms with Crippen molar-refractivity contribution in [2.24, 2.45) is 0 Å². The molecule has 0 aromatic heterocycles. The van der Waals surface area contributed by atoms with Gasteiger partial charge >= 0.3 is 0 Å². The number of hydrogen-bond donors (Lipinski definition) is 3. The first kappa shape index (κ1) is 18.1. The average molecular weight is 390 g/mol. The normalized spacial score (nSPS) is 21.1. The SMILES string of the molecule is O=C(C[NH+]1CC[NH+](Cc2ccc(Cl)cc2)CC1)Nc1ccc2c(c1)OCO2. The molecular formula is C20H24ClN3O3+2. The van der Waals surface area contributed by atoms with Gasteiger partial charge in [-0.25, -0.2) is 0 Å². The molecule has 27 heavy (non-hydrogen) atoms. The van der Waals surface area contributed by atoms with Gasteiger partial charge < -0.3 is 24.6 Å². The lowest BCUT2D eigenvalue weighted by Gasteiger charge is -2.29. The number of quaternary nitrogens is 2. The second kappa shape index (κ2) is 8.17. The standard InChI is InChI=1S/C20H22ClN3O3/c21-16-3-1-15(2-4-16)12-23-7-9-24(10-8-23)13-20(25)22-17-5-6-18-19(11-17)27-14-26-18/h1-6,11H,7-10,12-14H2,(H,22,25)/p+2. The molecule has 0 radical (unpaired) electrons. The smallest absolute Gasteiger partial charge is 0.279 e. The summed E-state index contributed by atoms with van der Waals surface area (Å²) >= 11 is 5.95. The van der Waals surface area contributed by atoms with Gasteiger partial charge in [-0.3, -0.25) is 4.79 Å². The summed E-state index contributed by atoms with van der Waals surface area (Å²) in [5.41, 5.74) is 2.05. The van der Waals surface area contributed by atoms with Gasteiger partial charge in [0, 0.05) is 22.3 Å². The minimum Gasteiger partial charge on any atom is -0.454 e. The molecule has 2 aliphatic rings. The van der Waals surface area contributed by atoms with Crippen molar-refractivity contribution < 1.29 is 24.1 Å². The van der Waals surface area contributed by atoms with Crippen LogP contribution in [0, 0.1) is 0 Å². The minimum atomic E-state index is 0.0324. The van der Waals surface area contributed by atoms with E-state index in [0.717, 1.165) is 49.2 Å². The van der Waals surface area contributed by atoms with Gasteiger partial charge in [-0.05, 0) is 24.3 Å². The number of amides is 1. The highest BCUT2D eigenvalue weighted by molar-refractivity contribution is 6.30. The fourth-order valence-electron chi connectivity index (χ4n) is 3.61. The van der Waals surface area contributed by atoms with Crippen molar-refractivity contribution in [2.45, 2.75) is 6.54 Å². The Morgan fingerprint density at radius 3 is 2.44 bits per heavy atom. The van der Waals surface area contributed by atoms with E-state index in [-0.39, 0.29) is 12.7 Å². The van der Waals surface area contributed by atoms with Crippen LogP contribution >= 0.6 is 11.6 Å². The predicted molar refractivity (Wildman–Crippen MR) is 103 cm³/mol. The number of anilines is 1. The summed E-state index contributed by atoms with van der Waals surface area (Å²) in [7, 11) is 0. The molecule has 7 heteroatoms. The Balaban J connectivity index is 1.23.